The van der Waals surface area contributed by atoms with E-state index in [-0.39, 0.29) is 28.1 Å². The number of sulfone groups is 1. The highest BCUT2D eigenvalue weighted by molar-refractivity contribution is 7.91. The number of carbonyl (C=O) groups is 1. The van der Waals surface area contributed by atoms with E-state index in [1.54, 1.807) is 47.3 Å². The Morgan fingerprint density at radius 2 is 1.76 bits per heavy atom. The summed E-state index contributed by atoms with van der Waals surface area (Å²) in [4.78, 5) is 20.5. The second-order valence-corrected chi connectivity index (χ2v) is 8.31. The Morgan fingerprint density at radius 3 is 2.48 bits per heavy atom. The Balaban J connectivity index is 1.45. The Hall–Kier alpha value is -3.72. The minimum Gasteiger partial charge on any atom is -0.384 e. The van der Waals surface area contributed by atoms with Crippen LogP contribution in [0.15, 0.2) is 83.1 Å². The highest BCUT2D eigenvalue weighted by atomic mass is 32.2. The van der Waals surface area contributed by atoms with Gasteiger partial charge in [-0.3, -0.25) is 4.79 Å². The van der Waals surface area contributed by atoms with Gasteiger partial charge in [-0.05, 0) is 42.0 Å². The maximum absolute atomic E-state index is 12.6. The minimum absolute atomic E-state index is 0.0719. The predicted molar refractivity (Wildman–Crippen MR) is 107 cm³/mol. The van der Waals surface area contributed by atoms with Gasteiger partial charge in [0.1, 0.15) is 11.5 Å². The smallest absolute Gasteiger partial charge is 0.253 e. The lowest BCUT2D eigenvalue weighted by Gasteiger charge is -2.08. The van der Waals surface area contributed by atoms with E-state index in [1.807, 2.05) is 0 Å². The third-order valence-electron chi connectivity index (χ3n) is 4.41. The van der Waals surface area contributed by atoms with Crippen LogP contribution >= 0.6 is 0 Å². The lowest BCUT2D eigenvalue weighted by Crippen LogP contribution is -2.23. The minimum atomic E-state index is -3.68. The fourth-order valence-corrected chi connectivity index (χ4v) is 4.02. The summed E-state index contributed by atoms with van der Waals surface area (Å²) < 4.78 is 27.0. The summed E-state index contributed by atoms with van der Waals surface area (Å²) in [6, 6.07) is 12.7. The van der Waals surface area contributed by atoms with E-state index < -0.39 is 9.84 Å². The van der Waals surface area contributed by atoms with Crippen molar-refractivity contribution in [2.75, 3.05) is 5.73 Å². The molecule has 9 heteroatoms. The van der Waals surface area contributed by atoms with Crippen LogP contribution in [-0.4, -0.2) is 28.7 Å². The topological polar surface area (TPSA) is 119 Å². The average molecular weight is 407 g/mol. The highest BCUT2D eigenvalue weighted by Crippen LogP contribution is 2.21. The van der Waals surface area contributed by atoms with Gasteiger partial charge in [0, 0.05) is 31.3 Å². The molecule has 0 bridgehead atoms. The largest absolute Gasteiger partial charge is 0.384 e. The molecular formula is C20H17N5O3S. The van der Waals surface area contributed by atoms with Gasteiger partial charge in [-0.1, -0.05) is 12.1 Å². The van der Waals surface area contributed by atoms with Crippen LogP contribution in [0.4, 0.5) is 5.82 Å². The van der Waals surface area contributed by atoms with Gasteiger partial charge in [-0.25, -0.2) is 18.4 Å². The molecule has 0 fully saturated rings. The number of rotatable bonds is 5. The molecule has 29 heavy (non-hydrogen) atoms. The van der Waals surface area contributed by atoms with Crippen molar-refractivity contribution in [3.63, 3.8) is 0 Å². The van der Waals surface area contributed by atoms with Gasteiger partial charge in [0.15, 0.2) is 0 Å². The van der Waals surface area contributed by atoms with Crippen molar-refractivity contribution in [1.29, 1.82) is 0 Å². The molecule has 1 aromatic carbocycles. The molecule has 8 nitrogen and oxygen atoms in total. The second-order valence-electron chi connectivity index (χ2n) is 6.36. The van der Waals surface area contributed by atoms with Crippen LogP contribution in [-0.2, 0) is 16.4 Å². The Bertz CT molecular complexity index is 1280. The van der Waals surface area contributed by atoms with Crippen LogP contribution < -0.4 is 11.1 Å². The van der Waals surface area contributed by atoms with E-state index >= 15 is 0 Å². The van der Waals surface area contributed by atoms with Crippen LogP contribution in [0.5, 0.6) is 0 Å². The number of hydrogen-bond donors (Lipinski definition) is 2. The normalized spacial score (nSPS) is 11.4. The van der Waals surface area contributed by atoms with E-state index in [1.165, 1.54) is 30.5 Å². The SMILES string of the molecule is Nc1ccc(S(=O)(=O)c2ccc(CNC(=O)c3ccc4nccn4c3)cc2)cn1. The molecule has 0 aliphatic carbocycles. The number of nitrogens with one attached hydrogen (secondary N) is 1. The number of anilines is 1. The van der Waals surface area contributed by atoms with Crippen molar-refractivity contribution in [1.82, 2.24) is 19.7 Å². The number of fused-ring (bicyclic) bond motifs is 1. The summed E-state index contributed by atoms with van der Waals surface area (Å²) in [6.45, 7) is 0.268. The molecule has 0 radical (unpaired) electrons. The average Bonchev–Trinajstić information content (AvgIpc) is 3.20. The number of aromatic nitrogens is 3. The summed E-state index contributed by atoms with van der Waals surface area (Å²) in [7, 11) is -3.68. The summed E-state index contributed by atoms with van der Waals surface area (Å²) in [5.74, 6) is 0.0208. The molecule has 4 rings (SSSR count). The van der Waals surface area contributed by atoms with Crippen molar-refractivity contribution in [2.45, 2.75) is 16.3 Å². The lowest BCUT2D eigenvalue weighted by molar-refractivity contribution is 0.0950. The van der Waals surface area contributed by atoms with Gasteiger partial charge in [-0.2, -0.15) is 0 Å². The first-order valence-corrected chi connectivity index (χ1v) is 10.2. The third kappa shape index (κ3) is 3.81. The number of hydrogen-bond acceptors (Lipinski definition) is 6. The van der Waals surface area contributed by atoms with Crippen molar-refractivity contribution in [2.24, 2.45) is 0 Å². The zero-order valence-electron chi connectivity index (χ0n) is 15.2. The summed E-state index contributed by atoms with van der Waals surface area (Å²) in [5.41, 5.74) is 7.54. The molecule has 0 unspecified atom stereocenters. The van der Waals surface area contributed by atoms with E-state index in [0.717, 1.165) is 11.2 Å². The highest BCUT2D eigenvalue weighted by Gasteiger charge is 2.18. The van der Waals surface area contributed by atoms with E-state index in [4.69, 9.17) is 5.73 Å². The van der Waals surface area contributed by atoms with Crippen LogP contribution in [0.1, 0.15) is 15.9 Å². The van der Waals surface area contributed by atoms with Crippen LogP contribution in [0.25, 0.3) is 5.65 Å². The number of imidazole rings is 1. The van der Waals surface area contributed by atoms with Gasteiger partial charge in [0.2, 0.25) is 9.84 Å². The third-order valence-corrected chi connectivity index (χ3v) is 6.16. The Kier molecular flexibility index (Phi) is 4.73. The number of carbonyl (C=O) groups excluding carboxylic acids is 1. The zero-order chi connectivity index (χ0) is 20.4. The molecule has 3 aromatic heterocycles. The van der Waals surface area contributed by atoms with Crippen molar-refractivity contribution < 1.29 is 13.2 Å². The molecule has 0 spiro atoms. The van der Waals surface area contributed by atoms with Crippen molar-refractivity contribution in [3.05, 3.63) is 84.4 Å². The van der Waals surface area contributed by atoms with Gasteiger partial charge < -0.3 is 15.5 Å². The second kappa shape index (κ2) is 7.36. The fraction of sp³-hybridized carbons (Fsp3) is 0.0500. The summed E-state index contributed by atoms with van der Waals surface area (Å²) >= 11 is 0. The number of nitrogens with zero attached hydrogens (tertiary/aromatic N) is 3. The number of nitrogens with two attached hydrogens (primary N) is 1. The Morgan fingerprint density at radius 1 is 1.00 bits per heavy atom. The maximum Gasteiger partial charge on any atom is 0.253 e. The van der Waals surface area contributed by atoms with E-state index in [0.29, 0.717) is 5.56 Å². The van der Waals surface area contributed by atoms with Gasteiger partial charge >= 0.3 is 0 Å². The quantitative estimate of drug-likeness (QED) is 0.523. The molecule has 1 amide bonds. The molecule has 3 heterocycles. The standard InChI is InChI=1S/C20H17N5O3S/c21-18-7-6-17(12-23-18)29(27,28)16-4-1-14(2-5-16)11-24-20(26)15-3-8-19-22-9-10-25(19)13-15/h1-10,12-13H,11H2,(H2,21,23)(H,24,26). The van der Waals surface area contributed by atoms with Crippen molar-refractivity contribution in [3.8, 4) is 0 Å². The van der Waals surface area contributed by atoms with Crippen LogP contribution in [0.3, 0.4) is 0 Å². The number of amides is 1. The summed E-state index contributed by atoms with van der Waals surface area (Å²) in [5, 5.41) is 2.82. The van der Waals surface area contributed by atoms with Crippen LogP contribution in [0.2, 0.25) is 0 Å². The van der Waals surface area contributed by atoms with E-state index in [2.05, 4.69) is 15.3 Å². The molecule has 0 aliphatic heterocycles. The Labute approximate surface area is 167 Å². The number of benzene rings is 1. The zero-order valence-corrected chi connectivity index (χ0v) is 16.0. The molecule has 4 aromatic rings. The number of pyridine rings is 2. The molecule has 146 valence electrons. The maximum atomic E-state index is 12.6. The van der Waals surface area contributed by atoms with Crippen LogP contribution in [0, 0.1) is 0 Å². The molecular weight excluding hydrogens is 390 g/mol. The summed E-state index contributed by atoms with van der Waals surface area (Å²) in [6.07, 6.45) is 6.36. The molecule has 0 saturated heterocycles. The fourth-order valence-electron chi connectivity index (χ4n) is 2.81. The van der Waals surface area contributed by atoms with Gasteiger partial charge in [0.25, 0.3) is 5.91 Å². The molecule has 3 N–H and O–H groups in total. The first-order valence-electron chi connectivity index (χ1n) is 8.70. The van der Waals surface area contributed by atoms with Gasteiger partial charge in [0.05, 0.1) is 15.4 Å². The number of nitrogen functional groups attached to an aromatic ring is 1. The molecule has 0 atom stereocenters. The molecule has 0 saturated carbocycles. The van der Waals surface area contributed by atoms with E-state index in [9.17, 15) is 13.2 Å². The molecule has 0 aliphatic rings. The lowest BCUT2D eigenvalue weighted by atomic mass is 10.2. The van der Waals surface area contributed by atoms with Gasteiger partial charge in [-0.15, -0.1) is 0 Å². The van der Waals surface area contributed by atoms with Crippen molar-refractivity contribution >= 4 is 27.2 Å². The monoisotopic (exact) mass is 407 g/mol. The first-order chi connectivity index (χ1) is 13.9. The predicted octanol–water partition coefficient (Wildman–Crippen LogP) is 2.07. The first kappa shape index (κ1) is 18.6.